The molecule has 0 spiro atoms. The van der Waals surface area contributed by atoms with E-state index in [1.54, 1.807) is 29.1 Å². The van der Waals surface area contributed by atoms with Gasteiger partial charge in [-0.3, -0.25) is 0 Å². The Hall–Kier alpha value is -1.68. The van der Waals surface area contributed by atoms with Crippen LogP contribution in [0.4, 0.5) is 4.39 Å². The molecule has 1 aliphatic rings. The van der Waals surface area contributed by atoms with Crippen LogP contribution in [0, 0.1) is 12.7 Å². The number of aromatic nitrogens is 2. The minimum Gasteiger partial charge on any atom is -0.321 e. The van der Waals surface area contributed by atoms with Crippen LogP contribution in [0.2, 0.25) is 0 Å². The number of aryl methyl sites for hydroxylation is 1. The van der Waals surface area contributed by atoms with Crippen LogP contribution in [-0.4, -0.2) is 9.55 Å². The minimum atomic E-state index is -0.316. The highest BCUT2D eigenvalue weighted by atomic mass is 19.1. The monoisotopic (exact) mass is 245 g/mol. The summed E-state index contributed by atoms with van der Waals surface area (Å²) in [6, 6.07) is 5.28. The van der Waals surface area contributed by atoms with Gasteiger partial charge in [0.25, 0.3) is 0 Å². The summed E-state index contributed by atoms with van der Waals surface area (Å²) < 4.78 is 15.9. The molecule has 1 aromatic heterocycles. The topological polar surface area (TPSA) is 43.8 Å². The Morgan fingerprint density at radius 3 is 2.67 bits per heavy atom. The smallest absolute Gasteiger partial charge is 0.147 e. The molecule has 4 heteroatoms. The standard InChI is InChI=1S/C14H16FN3/c1-10-17-7-8-18(10)13-4-3-11(9-12(13)15)14(16)5-2-6-14/h3-4,7-9H,2,5-6,16H2,1H3. The summed E-state index contributed by atoms with van der Waals surface area (Å²) >= 11 is 0. The first kappa shape index (κ1) is 11.4. The van der Waals surface area contributed by atoms with Crippen molar-refractivity contribution in [2.45, 2.75) is 31.7 Å². The third-order valence-electron chi connectivity index (χ3n) is 3.85. The molecule has 1 fully saturated rings. The number of benzene rings is 1. The van der Waals surface area contributed by atoms with Crippen molar-refractivity contribution < 1.29 is 4.39 Å². The number of hydrogen-bond donors (Lipinski definition) is 1. The van der Waals surface area contributed by atoms with E-state index in [1.807, 2.05) is 13.0 Å². The molecule has 1 heterocycles. The van der Waals surface area contributed by atoms with Crippen molar-refractivity contribution in [1.29, 1.82) is 0 Å². The molecule has 2 aromatic rings. The Morgan fingerprint density at radius 2 is 2.17 bits per heavy atom. The van der Waals surface area contributed by atoms with E-state index in [0.717, 1.165) is 30.7 Å². The molecule has 0 bridgehead atoms. The first-order valence-electron chi connectivity index (χ1n) is 6.19. The molecular formula is C14H16FN3. The van der Waals surface area contributed by atoms with Crippen molar-refractivity contribution in [3.05, 3.63) is 47.8 Å². The van der Waals surface area contributed by atoms with Gasteiger partial charge in [0.15, 0.2) is 0 Å². The van der Waals surface area contributed by atoms with Crippen molar-refractivity contribution in [2.24, 2.45) is 5.73 Å². The fraction of sp³-hybridized carbons (Fsp3) is 0.357. The molecular weight excluding hydrogens is 229 g/mol. The Kier molecular flexibility index (Phi) is 2.48. The van der Waals surface area contributed by atoms with Crippen LogP contribution < -0.4 is 5.73 Å². The van der Waals surface area contributed by atoms with Gasteiger partial charge < -0.3 is 10.3 Å². The molecule has 1 saturated carbocycles. The van der Waals surface area contributed by atoms with Crippen LogP contribution in [-0.2, 0) is 5.54 Å². The maximum atomic E-state index is 14.2. The molecule has 3 rings (SSSR count). The molecule has 0 saturated heterocycles. The highest BCUT2D eigenvalue weighted by molar-refractivity contribution is 5.40. The van der Waals surface area contributed by atoms with E-state index < -0.39 is 0 Å². The van der Waals surface area contributed by atoms with Gasteiger partial charge in [-0.15, -0.1) is 0 Å². The van der Waals surface area contributed by atoms with E-state index in [1.165, 1.54) is 0 Å². The maximum absolute atomic E-state index is 14.2. The Morgan fingerprint density at radius 1 is 1.39 bits per heavy atom. The van der Waals surface area contributed by atoms with Crippen LogP contribution in [0.1, 0.15) is 30.7 Å². The molecule has 0 radical (unpaired) electrons. The van der Waals surface area contributed by atoms with Crippen LogP contribution in [0.25, 0.3) is 5.69 Å². The third kappa shape index (κ3) is 1.64. The lowest BCUT2D eigenvalue weighted by molar-refractivity contribution is 0.253. The molecule has 0 aliphatic heterocycles. The molecule has 2 N–H and O–H groups in total. The van der Waals surface area contributed by atoms with Gasteiger partial charge in [-0.05, 0) is 43.9 Å². The summed E-state index contributed by atoms with van der Waals surface area (Å²) in [5.41, 5.74) is 7.31. The average Bonchev–Trinajstić information content (AvgIpc) is 2.72. The van der Waals surface area contributed by atoms with Crippen LogP contribution >= 0.6 is 0 Å². The summed E-state index contributed by atoms with van der Waals surface area (Å²) in [6.45, 7) is 1.85. The quantitative estimate of drug-likeness (QED) is 0.884. The molecule has 18 heavy (non-hydrogen) atoms. The minimum absolute atomic E-state index is 0.245. The summed E-state index contributed by atoms with van der Waals surface area (Å²) in [5, 5.41) is 0. The fourth-order valence-electron chi connectivity index (χ4n) is 2.49. The van der Waals surface area contributed by atoms with E-state index in [9.17, 15) is 4.39 Å². The molecule has 94 valence electrons. The number of nitrogens with two attached hydrogens (primary N) is 1. The van der Waals surface area contributed by atoms with Crippen molar-refractivity contribution in [3.63, 3.8) is 0 Å². The number of halogens is 1. The van der Waals surface area contributed by atoms with Crippen LogP contribution in [0.5, 0.6) is 0 Å². The molecule has 0 atom stereocenters. The Balaban J connectivity index is 2.02. The van der Waals surface area contributed by atoms with Crippen LogP contribution in [0.15, 0.2) is 30.6 Å². The first-order chi connectivity index (χ1) is 8.60. The van der Waals surface area contributed by atoms with Crippen molar-refractivity contribution in [3.8, 4) is 5.69 Å². The summed E-state index contributed by atoms with van der Waals surface area (Å²) in [6.07, 6.45) is 6.43. The van der Waals surface area contributed by atoms with Crippen molar-refractivity contribution in [2.75, 3.05) is 0 Å². The average molecular weight is 245 g/mol. The molecule has 0 unspecified atom stereocenters. The van der Waals surface area contributed by atoms with Gasteiger partial charge >= 0.3 is 0 Å². The lowest BCUT2D eigenvalue weighted by Crippen LogP contribution is -2.43. The van der Waals surface area contributed by atoms with E-state index in [-0.39, 0.29) is 11.4 Å². The predicted molar refractivity (Wildman–Crippen MR) is 68.0 cm³/mol. The van der Waals surface area contributed by atoms with Crippen molar-refractivity contribution >= 4 is 0 Å². The van der Waals surface area contributed by atoms with Gasteiger partial charge in [-0.1, -0.05) is 6.07 Å². The third-order valence-corrected chi connectivity index (χ3v) is 3.85. The number of imidazole rings is 1. The van der Waals surface area contributed by atoms with E-state index in [0.29, 0.717) is 5.69 Å². The van der Waals surface area contributed by atoms with Gasteiger partial charge in [-0.25, -0.2) is 9.37 Å². The second kappa shape index (κ2) is 3.92. The highest BCUT2D eigenvalue weighted by Gasteiger charge is 2.34. The van der Waals surface area contributed by atoms with E-state index in [2.05, 4.69) is 4.98 Å². The predicted octanol–water partition coefficient (Wildman–Crippen LogP) is 2.66. The largest absolute Gasteiger partial charge is 0.321 e. The van der Waals surface area contributed by atoms with E-state index in [4.69, 9.17) is 5.73 Å². The van der Waals surface area contributed by atoms with Gasteiger partial charge in [-0.2, -0.15) is 0 Å². The van der Waals surface area contributed by atoms with Gasteiger partial charge in [0.05, 0.1) is 5.69 Å². The summed E-state index contributed by atoms with van der Waals surface area (Å²) in [7, 11) is 0. The maximum Gasteiger partial charge on any atom is 0.147 e. The number of nitrogens with zero attached hydrogens (tertiary/aromatic N) is 2. The summed E-state index contributed by atoms with van der Waals surface area (Å²) in [5.74, 6) is 0.526. The highest BCUT2D eigenvalue weighted by Crippen LogP contribution is 2.39. The van der Waals surface area contributed by atoms with Gasteiger partial charge in [0, 0.05) is 17.9 Å². The summed E-state index contributed by atoms with van der Waals surface area (Å²) in [4.78, 5) is 4.10. The molecule has 1 aliphatic carbocycles. The lowest BCUT2D eigenvalue weighted by atomic mass is 9.73. The Labute approximate surface area is 105 Å². The zero-order valence-corrected chi connectivity index (χ0v) is 10.4. The fourth-order valence-corrected chi connectivity index (χ4v) is 2.49. The Bertz CT molecular complexity index is 584. The molecule has 3 nitrogen and oxygen atoms in total. The lowest BCUT2D eigenvalue weighted by Gasteiger charge is -2.38. The normalized spacial score (nSPS) is 17.5. The second-order valence-electron chi connectivity index (χ2n) is 5.02. The van der Waals surface area contributed by atoms with E-state index >= 15 is 0 Å². The zero-order chi connectivity index (χ0) is 12.8. The van der Waals surface area contributed by atoms with Gasteiger partial charge in [0.1, 0.15) is 11.6 Å². The van der Waals surface area contributed by atoms with Crippen LogP contribution in [0.3, 0.4) is 0 Å². The number of rotatable bonds is 2. The second-order valence-corrected chi connectivity index (χ2v) is 5.02. The zero-order valence-electron chi connectivity index (χ0n) is 10.4. The molecule has 0 amide bonds. The SMILES string of the molecule is Cc1nccn1-c1ccc(C2(N)CCC2)cc1F. The first-order valence-corrected chi connectivity index (χ1v) is 6.19. The molecule has 1 aromatic carbocycles. The van der Waals surface area contributed by atoms with Crippen molar-refractivity contribution in [1.82, 2.24) is 9.55 Å². The number of hydrogen-bond acceptors (Lipinski definition) is 2. The van der Waals surface area contributed by atoms with Gasteiger partial charge in [0.2, 0.25) is 0 Å².